The van der Waals surface area contributed by atoms with Gasteiger partial charge in [-0.2, -0.15) is 4.31 Å². The summed E-state index contributed by atoms with van der Waals surface area (Å²) in [6.07, 6.45) is 0.991. The van der Waals surface area contributed by atoms with Crippen LogP contribution in [0.4, 0.5) is 0 Å². The highest BCUT2D eigenvalue weighted by molar-refractivity contribution is 7.89. The third-order valence-corrected chi connectivity index (χ3v) is 7.49. The fraction of sp³-hybridized carbons (Fsp3) is 0.409. The molecule has 1 fully saturated rings. The Morgan fingerprint density at radius 3 is 2.30 bits per heavy atom. The fourth-order valence-corrected chi connectivity index (χ4v) is 5.14. The molecular formula is C22H27ClN2O4S. The topological polar surface area (TPSA) is 75.7 Å². The maximum Gasteiger partial charge on any atom is 0.243 e. The van der Waals surface area contributed by atoms with Crippen LogP contribution in [0.15, 0.2) is 53.4 Å². The standard InChI is InChI=1S/C22H27ClN2O4S/c1-3-29-20-8-10-21(11-9-20)30(27,28)25-14-12-18(13-15-25)22(26)24-16(2)17-4-6-19(23)7-5-17/h4-11,16,18H,3,12-15H2,1-2H3,(H,24,26)/t16-/m0/s1. The van der Waals surface area contributed by atoms with E-state index in [1.807, 2.05) is 26.0 Å². The van der Waals surface area contributed by atoms with Crippen molar-refractivity contribution in [2.75, 3.05) is 19.7 Å². The summed E-state index contributed by atoms with van der Waals surface area (Å²) in [7, 11) is -3.58. The van der Waals surface area contributed by atoms with Crippen LogP contribution in [0.2, 0.25) is 5.02 Å². The van der Waals surface area contributed by atoms with Gasteiger partial charge in [0.2, 0.25) is 15.9 Å². The Balaban J connectivity index is 1.56. The van der Waals surface area contributed by atoms with Crippen molar-refractivity contribution in [3.63, 3.8) is 0 Å². The highest BCUT2D eigenvalue weighted by atomic mass is 35.5. The Kier molecular flexibility index (Phi) is 7.39. The summed E-state index contributed by atoms with van der Waals surface area (Å²) in [5.41, 5.74) is 0.975. The molecule has 1 heterocycles. The molecule has 0 saturated carbocycles. The van der Waals surface area contributed by atoms with E-state index in [0.29, 0.717) is 43.3 Å². The molecule has 0 unspecified atom stereocenters. The lowest BCUT2D eigenvalue weighted by molar-refractivity contribution is -0.126. The monoisotopic (exact) mass is 450 g/mol. The van der Waals surface area contributed by atoms with Crippen molar-refractivity contribution in [1.82, 2.24) is 9.62 Å². The number of hydrogen-bond acceptors (Lipinski definition) is 4. The lowest BCUT2D eigenvalue weighted by atomic mass is 9.96. The molecule has 0 aromatic heterocycles. The minimum absolute atomic E-state index is 0.0458. The molecule has 1 N–H and O–H groups in total. The first-order valence-corrected chi connectivity index (χ1v) is 11.9. The number of rotatable bonds is 7. The van der Waals surface area contributed by atoms with Crippen LogP contribution in [0.3, 0.4) is 0 Å². The zero-order valence-electron chi connectivity index (χ0n) is 17.2. The highest BCUT2D eigenvalue weighted by Gasteiger charge is 2.32. The van der Waals surface area contributed by atoms with Gasteiger partial charge < -0.3 is 10.1 Å². The molecule has 1 aliphatic rings. The SMILES string of the molecule is CCOc1ccc(S(=O)(=O)N2CCC(C(=O)N[C@@H](C)c3ccc(Cl)cc3)CC2)cc1. The van der Waals surface area contributed by atoms with Crippen molar-refractivity contribution in [1.29, 1.82) is 0 Å². The second kappa shape index (κ2) is 9.81. The van der Waals surface area contributed by atoms with Gasteiger partial charge in [-0.05, 0) is 68.7 Å². The number of carbonyl (C=O) groups excluding carboxylic acids is 1. The first-order valence-electron chi connectivity index (χ1n) is 10.1. The lowest BCUT2D eigenvalue weighted by Crippen LogP contribution is -2.43. The van der Waals surface area contributed by atoms with Crippen LogP contribution < -0.4 is 10.1 Å². The highest BCUT2D eigenvalue weighted by Crippen LogP contribution is 2.26. The summed E-state index contributed by atoms with van der Waals surface area (Å²) in [4.78, 5) is 12.9. The van der Waals surface area contributed by atoms with Crippen LogP contribution in [0, 0.1) is 5.92 Å². The van der Waals surface area contributed by atoms with Gasteiger partial charge in [0.15, 0.2) is 0 Å². The van der Waals surface area contributed by atoms with E-state index in [0.717, 1.165) is 5.56 Å². The van der Waals surface area contributed by atoms with Crippen LogP contribution in [0.5, 0.6) is 5.75 Å². The van der Waals surface area contributed by atoms with E-state index in [9.17, 15) is 13.2 Å². The molecule has 0 radical (unpaired) electrons. The second-order valence-electron chi connectivity index (χ2n) is 7.36. The van der Waals surface area contributed by atoms with Crippen molar-refractivity contribution >= 4 is 27.5 Å². The molecule has 1 atom stereocenters. The Bertz CT molecular complexity index is 954. The van der Waals surface area contributed by atoms with Gasteiger partial charge in [-0.25, -0.2) is 8.42 Å². The van der Waals surface area contributed by atoms with Crippen LogP contribution in [0.25, 0.3) is 0 Å². The summed E-state index contributed by atoms with van der Waals surface area (Å²) in [5.74, 6) is 0.392. The summed E-state index contributed by atoms with van der Waals surface area (Å²) < 4.78 is 32.6. The molecule has 30 heavy (non-hydrogen) atoms. The number of sulfonamides is 1. The molecule has 8 heteroatoms. The van der Waals surface area contributed by atoms with Gasteiger partial charge in [0.1, 0.15) is 5.75 Å². The first-order chi connectivity index (χ1) is 14.3. The summed E-state index contributed by atoms with van der Waals surface area (Å²) >= 11 is 5.91. The normalized spacial score (nSPS) is 16.8. The third-order valence-electron chi connectivity index (χ3n) is 5.33. The third kappa shape index (κ3) is 5.33. The average Bonchev–Trinajstić information content (AvgIpc) is 2.75. The van der Waals surface area contributed by atoms with Crippen LogP contribution >= 0.6 is 11.6 Å². The number of ether oxygens (including phenoxy) is 1. The Morgan fingerprint density at radius 2 is 1.73 bits per heavy atom. The smallest absolute Gasteiger partial charge is 0.243 e. The zero-order chi connectivity index (χ0) is 21.7. The molecule has 2 aromatic rings. The van der Waals surface area contributed by atoms with Crippen LogP contribution in [-0.2, 0) is 14.8 Å². The first kappa shape index (κ1) is 22.6. The predicted octanol–water partition coefficient (Wildman–Crippen LogP) is 4.02. The molecule has 0 bridgehead atoms. The van der Waals surface area contributed by atoms with E-state index >= 15 is 0 Å². The largest absolute Gasteiger partial charge is 0.494 e. The van der Waals surface area contributed by atoms with Crippen molar-refractivity contribution in [2.45, 2.75) is 37.6 Å². The molecule has 1 saturated heterocycles. The number of halogens is 1. The number of benzene rings is 2. The predicted molar refractivity (Wildman–Crippen MR) is 117 cm³/mol. The second-order valence-corrected chi connectivity index (χ2v) is 9.74. The molecule has 2 aromatic carbocycles. The maximum atomic E-state index is 12.9. The molecule has 6 nitrogen and oxygen atoms in total. The molecule has 0 aliphatic carbocycles. The zero-order valence-corrected chi connectivity index (χ0v) is 18.7. The molecule has 162 valence electrons. The van der Waals surface area contributed by atoms with E-state index in [1.54, 1.807) is 36.4 Å². The van der Waals surface area contributed by atoms with E-state index in [4.69, 9.17) is 16.3 Å². The van der Waals surface area contributed by atoms with Crippen molar-refractivity contribution in [3.8, 4) is 5.75 Å². The van der Waals surface area contributed by atoms with Crippen molar-refractivity contribution < 1.29 is 17.9 Å². The summed E-state index contributed by atoms with van der Waals surface area (Å²) in [6.45, 7) is 4.97. The Hall–Kier alpha value is -2.09. The molecule has 3 rings (SSSR count). The lowest BCUT2D eigenvalue weighted by Gasteiger charge is -2.31. The maximum absolute atomic E-state index is 12.9. The van der Waals surface area contributed by atoms with E-state index in [1.165, 1.54) is 4.31 Å². The quantitative estimate of drug-likeness (QED) is 0.691. The number of hydrogen-bond donors (Lipinski definition) is 1. The van der Waals surface area contributed by atoms with Gasteiger partial charge in [-0.3, -0.25) is 4.79 Å². The van der Waals surface area contributed by atoms with E-state index in [2.05, 4.69) is 5.32 Å². The van der Waals surface area contributed by atoms with Gasteiger partial charge >= 0.3 is 0 Å². The number of carbonyl (C=O) groups is 1. The van der Waals surface area contributed by atoms with Crippen LogP contribution in [-0.4, -0.2) is 38.3 Å². The van der Waals surface area contributed by atoms with Gasteiger partial charge in [-0.1, -0.05) is 23.7 Å². The summed E-state index contributed by atoms with van der Waals surface area (Å²) in [6, 6.07) is 13.7. The van der Waals surface area contributed by atoms with Crippen LogP contribution in [0.1, 0.15) is 38.3 Å². The van der Waals surface area contributed by atoms with Gasteiger partial charge in [0.25, 0.3) is 0 Å². The van der Waals surface area contributed by atoms with Gasteiger partial charge in [-0.15, -0.1) is 0 Å². The average molecular weight is 451 g/mol. The van der Waals surface area contributed by atoms with Gasteiger partial charge in [0.05, 0.1) is 17.5 Å². The Labute approximate surface area is 183 Å². The summed E-state index contributed by atoms with van der Waals surface area (Å²) in [5, 5.41) is 3.68. The fourth-order valence-electron chi connectivity index (χ4n) is 3.55. The van der Waals surface area contributed by atoms with Crippen molar-refractivity contribution in [2.24, 2.45) is 5.92 Å². The number of nitrogens with zero attached hydrogens (tertiary/aromatic N) is 1. The van der Waals surface area contributed by atoms with Gasteiger partial charge in [0, 0.05) is 24.0 Å². The number of nitrogens with one attached hydrogen (secondary N) is 1. The molecule has 1 amide bonds. The molecule has 1 aliphatic heterocycles. The van der Waals surface area contributed by atoms with E-state index < -0.39 is 10.0 Å². The number of amides is 1. The van der Waals surface area contributed by atoms with E-state index in [-0.39, 0.29) is 22.8 Å². The Morgan fingerprint density at radius 1 is 1.13 bits per heavy atom. The number of piperidine rings is 1. The minimum atomic E-state index is -3.58. The van der Waals surface area contributed by atoms with Crippen molar-refractivity contribution in [3.05, 3.63) is 59.1 Å². The minimum Gasteiger partial charge on any atom is -0.494 e. The molecule has 0 spiro atoms. The molecular weight excluding hydrogens is 424 g/mol.